The molecule has 2 unspecified atom stereocenters. The van der Waals surface area contributed by atoms with Gasteiger partial charge in [-0.15, -0.1) is 0 Å². The molecule has 1 aromatic heterocycles. The van der Waals surface area contributed by atoms with Crippen LogP contribution in [0.2, 0.25) is 0 Å². The minimum absolute atomic E-state index is 0.0263. The van der Waals surface area contributed by atoms with Gasteiger partial charge in [0.05, 0.1) is 13.2 Å². The van der Waals surface area contributed by atoms with Gasteiger partial charge in [-0.3, -0.25) is 23.2 Å². The summed E-state index contributed by atoms with van der Waals surface area (Å²) in [7, 11) is -10.9. The Morgan fingerprint density at radius 2 is 1.16 bits per heavy atom. The van der Waals surface area contributed by atoms with Crippen LogP contribution in [0.5, 0.6) is 0 Å². The van der Waals surface area contributed by atoms with E-state index >= 15 is 0 Å². The van der Waals surface area contributed by atoms with Crippen molar-refractivity contribution in [3.05, 3.63) is 108 Å². The first-order valence-electron chi connectivity index (χ1n) is 25.7. The maximum Gasteiger partial charge on any atom is 0.481 e. The predicted molar refractivity (Wildman–Crippen MR) is 281 cm³/mol. The molecule has 0 amide bonds. The number of aromatic nitrogens is 2. The van der Waals surface area contributed by atoms with Crippen LogP contribution in [0.3, 0.4) is 0 Å². The molecule has 412 valence electrons. The summed E-state index contributed by atoms with van der Waals surface area (Å²) < 4.78 is 56.6. The second kappa shape index (κ2) is 40.2. The molecule has 0 aliphatic carbocycles. The summed E-state index contributed by atoms with van der Waals surface area (Å²) >= 11 is 0. The molecule has 0 bridgehead atoms. The molecule has 1 aliphatic heterocycles. The lowest BCUT2D eigenvalue weighted by atomic mass is 10.1. The number of rotatable bonds is 42. The van der Waals surface area contributed by atoms with Gasteiger partial charge in [-0.2, -0.15) is 9.29 Å². The average Bonchev–Trinajstić information content (AvgIpc) is 3.63. The van der Waals surface area contributed by atoms with E-state index in [1.54, 1.807) is 0 Å². The molecule has 1 saturated heterocycles. The van der Waals surface area contributed by atoms with Gasteiger partial charge in [0.1, 0.15) is 30.7 Å². The molecule has 1 aromatic rings. The monoisotopic (exact) mass is 1070 g/mol. The summed E-state index contributed by atoms with van der Waals surface area (Å²) in [6.45, 7) is 0.0395. The second-order valence-corrected chi connectivity index (χ2v) is 20.4. The van der Waals surface area contributed by atoms with Crippen LogP contribution in [0, 0.1) is 0 Å². The Labute approximate surface area is 431 Å². The van der Waals surface area contributed by atoms with Gasteiger partial charge in [0.25, 0.3) is 0 Å². The van der Waals surface area contributed by atoms with Gasteiger partial charge >= 0.3 is 33.3 Å². The van der Waals surface area contributed by atoms with Crippen LogP contribution >= 0.6 is 15.6 Å². The third-order valence-electron chi connectivity index (χ3n) is 11.0. The van der Waals surface area contributed by atoms with Gasteiger partial charge in [-0.1, -0.05) is 131 Å². The van der Waals surface area contributed by atoms with E-state index in [0.29, 0.717) is 25.7 Å². The van der Waals surface area contributed by atoms with E-state index in [9.17, 15) is 43.5 Å². The highest BCUT2D eigenvalue weighted by Crippen LogP contribution is 2.60. The van der Waals surface area contributed by atoms with Crippen molar-refractivity contribution in [3.63, 3.8) is 0 Å². The van der Waals surface area contributed by atoms with Crippen LogP contribution < -0.4 is 11.4 Å². The van der Waals surface area contributed by atoms with Crippen LogP contribution in [-0.2, 0) is 46.3 Å². The number of ether oxygens (including phenoxy) is 3. The Morgan fingerprint density at radius 1 is 0.685 bits per heavy atom. The number of nitrogens with two attached hydrogens (primary N) is 1. The maximum absolute atomic E-state index is 12.8. The minimum atomic E-state index is -5.45. The van der Waals surface area contributed by atoms with Crippen molar-refractivity contribution in [2.45, 2.75) is 179 Å². The second-order valence-electron chi connectivity index (χ2n) is 17.4. The molecule has 2 rings (SSSR count). The van der Waals surface area contributed by atoms with Gasteiger partial charge in [0, 0.05) is 25.6 Å². The molecule has 19 nitrogen and oxygen atoms in total. The predicted octanol–water partition coefficient (Wildman–Crippen LogP) is 9.64. The molecule has 0 saturated carbocycles. The Morgan fingerprint density at radius 3 is 1.70 bits per heavy atom. The molecule has 7 N–H and O–H groups in total. The SMILES string of the molecule is CCCCCCCC/C=C\C/C=C\C/C=C\CCCC(=O)O[C@H](COC(=O)CCC/C=C\C/C=C\C/C=C\C/C=C\CCCCCO)COP(=O)(O)OP(=O)(O)OC[C@H]1O[C@@H](n2ccc(N)nc2=O)[C@H](O)[C@@H]1O. The molecule has 73 heavy (non-hydrogen) atoms. The zero-order valence-electron chi connectivity index (χ0n) is 42.6. The number of aliphatic hydroxyl groups is 3. The van der Waals surface area contributed by atoms with E-state index in [-0.39, 0.29) is 25.3 Å². The largest absolute Gasteiger partial charge is 0.481 e. The highest BCUT2D eigenvalue weighted by molar-refractivity contribution is 7.61. The summed E-state index contributed by atoms with van der Waals surface area (Å²) in [6, 6.07) is 1.24. The van der Waals surface area contributed by atoms with Crippen LogP contribution in [0.15, 0.2) is 102 Å². The van der Waals surface area contributed by atoms with E-state index in [0.717, 1.165) is 75.0 Å². The van der Waals surface area contributed by atoms with E-state index in [1.807, 2.05) is 24.3 Å². The van der Waals surface area contributed by atoms with Crippen molar-refractivity contribution in [1.29, 1.82) is 0 Å². The smallest absolute Gasteiger partial charge is 0.462 e. The fourth-order valence-corrected chi connectivity index (χ4v) is 9.12. The zero-order chi connectivity index (χ0) is 53.4. The van der Waals surface area contributed by atoms with Gasteiger partial charge in [0.2, 0.25) is 0 Å². The van der Waals surface area contributed by atoms with E-state index in [2.05, 4.69) is 77.0 Å². The van der Waals surface area contributed by atoms with Crippen molar-refractivity contribution in [3.8, 4) is 0 Å². The third kappa shape index (κ3) is 32.7. The maximum atomic E-state index is 12.8. The van der Waals surface area contributed by atoms with Gasteiger partial charge in [-0.05, 0) is 96.0 Å². The first kappa shape index (κ1) is 65.0. The van der Waals surface area contributed by atoms with Crippen LogP contribution in [-0.4, -0.2) is 97.4 Å². The quantitative estimate of drug-likeness (QED) is 0.0154. The number of unbranched alkanes of at least 4 members (excludes halogenated alkanes) is 11. The Bertz CT molecular complexity index is 2050. The van der Waals surface area contributed by atoms with Crippen molar-refractivity contribution in [2.24, 2.45) is 0 Å². The number of phosphoric acid groups is 2. The number of carbonyl (C=O) groups is 2. The molecule has 1 aliphatic rings. The van der Waals surface area contributed by atoms with Crippen LogP contribution in [0.4, 0.5) is 5.82 Å². The summed E-state index contributed by atoms with van der Waals surface area (Å²) in [6.07, 6.45) is 41.2. The van der Waals surface area contributed by atoms with Crippen molar-refractivity contribution in [2.75, 3.05) is 32.2 Å². The van der Waals surface area contributed by atoms with Crippen molar-refractivity contribution >= 4 is 33.4 Å². The Hall–Kier alpha value is -4.10. The van der Waals surface area contributed by atoms with E-state index < -0.39 is 83.7 Å². The molecular formula is C52H83N3O16P2. The first-order chi connectivity index (χ1) is 35.2. The first-order valence-corrected chi connectivity index (χ1v) is 28.7. The summed E-state index contributed by atoms with van der Waals surface area (Å²) in [4.78, 5) is 61.9. The average molecular weight is 1070 g/mol. The molecule has 0 spiro atoms. The number of esters is 2. The van der Waals surface area contributed by atoms with Crippen molar-refractivity contribution < 1.29 is 71.4 Å². The minimum Gasteiger partial charge on any atom is -0.462 e. The van der Waals surface area contributed by atoms with Crippen LogP contribution in [0.1, 0.15) is 154 Å². The number of anilines is 1. The number of phosphoric ester groups is 2. The Kier molecular flexibility index (Phi) is 35.8. The zero-order valence-corrected chi connectivity index (χ0v) is 44.4. The lowest BCUT2D eigenvalue weighted by Crippen LogP contribution is -2.36. The number of hydrogen-bond acceptors (Lipinski definition) is 16. The Balaban J connectivity index is 1.85. The number of nitrogen functional groups attached to an aromatic ring is 1. The number of hydrogen-bond donors (Lipinski definition) is 6. The summed E-state index contributed by atoms with van der Waals surface area (Å²) in [5.41, 5.74) is 4.58. The topological polar surface area (TPSA) is 286 Å². The lowest BCUT2D eigenvalue weighted by Gasteiger charge is -2.21. The van der Waals surface area contributed by atoms with Crippen LogP contribution in [0.25, 0.3) is 0 Å². The molecular weight excluding hydrogens is 985 g/mol. The fourth-order valence-electron chi connectivity index (χ4n) is 7.01. The van der Waals surface area contributed by atoms with Gasteiger partial charge < -0.3 is 45.1 Å². The summed E-state index contributed by atoms with van der Waals surface area (Å²) in [5.74, 6) is -1.45. The molecule has 7 atom stereocenters. The molecule has 1 fully saturated rings. The highest BCUT2D eigenvalue weighted by Gasteiger charge is 2.46. The number of aliphatic hydroxyl groups excluding tert-OH is 3. The third-order valence-corrected chi connectivity index (χ3v) is 13.6. The van der Waals surface area contributed by atoms with Gasteiger partial charge in [0.15, 0.2) is 12.3 Å². The number of carbonyl (C=O) groups excluding carboxylic acids is 2. The summed E-state index contributed by atoms with van der Waals surface area (Å²) in [5, 5.41) is 29.7. The van der Waals surface area contributed by atoms with Gasteiger partial charge in [-0.25, -0.2) is 13.9 Å². The molecule has 21 heteroatoms. The normalized spacial score (nSPS) is 19.6. The highest BCUT2D eigenvalue weighted by atomic mass is 31.3. The van der Waals surface area contributed by atoms with Crippen molar-refractivity contribution in [1.82, 2.24) is 9.55 Å². The van der Waals surface area contributed by atoms with E-state index in [4.69, 9.17) is 34.1 Å². The number of allylic oxidation sites excluding steroid dienone is 14. The molecule has 2 heterocycles. The number of nitrogens with zero attached hydrogens (tertiary/aromatic N) is 2. The fraction of sp³-hybridized carbons (Fsp3) is 0.615. The standard InChI is InChI=1S/C52H83N3O16P2/c1-2-3-4-5-6-7-8-9-10-12-16-19-22-25-28-31-34-37-48(58)69-44(41-66-47(57)36-33-30-27-24-21-18-15-13-11-14-17-20-23-26-29-32-35-40-56)42-67-72(62,63)71-73(64,65)68-43-45-49(59)50(60)51(70-45)55-39-38-46(53)54-52(55)61/h9-11,14-16,18-20,23-25,27-28,38-39,44-45,49-51,56,59-60H,2-8,12-13,17,21-22,26,29-37,40-43H2,1H3,(H,62,63)(H,64,65)(H2,53,54,61)/b10-9-,14-11-,18-15-,19-16-,23-20-,27-24-,28-25-/t44-,45-,49-,50-,51-/m1/s1. The molecule has 0 aromatic carbocycles. The molecule has 0 radical (unpaired) electrons. The van der Waals surface area contributed by atoms with E-state index in [1.165, 1.54) is 44.6 Å². The lowest BCUT2D eigenvalue weighted by molar-refractivity contribution is -0.161.